The molecule has 1 N–H and O–H groups in total. The molecule has 0 fully saturated rings. The topological polar surface area (TPSA) is 59.4 Å². The van der Waals surface area contributed by atoms with Crippen LogP contribution in [0.2, 0.25) is 5.02 Å². The van der Waals surface area contributed by atoms with Crippen LogP contribution in [-0.2, 0) is 0 Å². The molecule has 0 radical (unpaired) electrons. The second-order valence-electron chi connectivity index (χ2n) is 3.77. The highest BCUT2D eigenvalue weighted by Crippen LogP contribution is 2.26. The fourth-order valence-electron chi connectivity index (χ4n) is 1.43. The highest BCUT2D eigenvalue weighted by molar-refractivity contribution is 9.10. The molecular weight excluding hydrogens is 334 g/mol. The number of ether oxygens (including phenoxy) is 1. The van der Waals surface area contributed by atoms with Crippen LogP contribution >= 0.6 is 27.5 Å². The number of nitrogens with zero attached hydrogens (tertiary/aromatic N) is 1. The lowest BCUT2D eigenvalue weighted by atomic mass is 10.2. The van der Waals surface area contributed by atoms with E-state index in [0.717, 1.165) is 10.2 Å². The number of pyridine rings is 1. The van der Waals surface area contributed by atoms with Crippen molar-refractivity contribution in [2.45, 2.75) is 6.92 Å². The van der Waals surface area contributed by atoms with E-state index in [1.807, 2.05) is 13.0 Å². The summed E-state index contributed by atoms with van der Waals surface area (Å²) in [4.78, 5) is 15.2. The second kappa shape index (κ2) is 5.59. The van der Waals surface area contributed by atoms with E-state index in [2.05, 4.69) is 20.9 Å². The lowest BCUT2D eigenvalue weighted by molar-refractivity contribution is 0.0696. The summed E-state index contributed by atoms with van der Waals surface area (Å²) in [6.07, 6.45) is 0. The zero-order chi connectivity index (χ0) is 14.0. The fourth-order valence-corrected chi connectivity index (χ4v) is 1.85. The van der Waals surface area contributed by atoms with Crippen LogP contribution in [0.5, 0.6) is 11.6 Å². The van der Waals surface area contributed by atoms with Crippen molar-refractivity contribution in [3.05, 3.63) is 51.1 Å². The Morgan fingerprint density at radius 1 is 1.37 bits per heavy atom. The van der Waals surface area contributed by atoms with E-state index < -0.39 is 5.97 Å². The fraction of sp³-hybridized carbons (Fsp3) is 0.0769. The minimum Gasteiger partial charge on any atom is -0.478 e. The van der Waals surface area contributed by atoms with Gasteiger partial charge in [0.15, 0.2) is 0 Å². The molecule has 0 aliphatic rings. The molecule has 0 aliphatic carbocycles. The molecule has 1 heterocycles. The summed E-state index contributed by atoms with van der Waals surface area (Å²) in [5, 5.41) is 9.14. The molecule has 2 aromatic rings. The second-order valence-corrected chi connectivity index (χ2v) is 5.03. The number of benzene rings is 1. The molecule has 0 unspecified atom stereocenters. The van der Waals surface area contributed by atoms with Gasteiger partial charge >= 0.3 is 5.97 Å². The van der Waals surface area contributed by atoms with Crippen molar-refractivity contribution >= 4 is 33.5 Å². The number of halogens is 2. The van der Waals surface area contributed by atoms with Gasteiger partial charge in [-0.3, -0.25) is 0 Å². The van der Waals surface area contributed by atoms with Gasteiger partial charge in [-0.1, -0.05) is 11.6 Å². The van der Waals surface area contributed by atoms with Crippen LogP contribution in [0.3, 0.4) is 0 Å². The molecule has 4 nitrogen and oxygen atoms in total. The van der Waals surface area contributed by atoms with Crippen LogP contribution in [0.25, 0.3) is 0 Å². The van der Waals surface area contributed by atoms with Gasteiger partial charge in [0.1, 0.15) is 5.75 Å². The smallest absolute Gasteiger partial charge is 0.337 e. The molecule has 0 saturated heterocycles. The lowest BCUT2D eigenvalue weighted by Gasteiger charge is -2.07. The van der Waals surface area contributed by atoms with E-state index in [-0.39, 0.29) is 10.6 Å². The molecule has 98 valence electrons. The Morgan fingerprint density at radius 3 is 2.74 bits per heavy atom. The van der Waals surface area contributed by atoms with E-state index in [1.165, 1.54) is 12.1 Å². The normalized spacial score (nSPS) is 10.3. The zero-order valence-corrected chi connectivity index (χ0v) is 12.2. The van der Waals surface area contributed by atoms with Gasteiger partial charge in [0, 0.05) is 10.5 Å². The summed E-state index contributed by atoms with van der Waals surface area (Å²) < 4.78 is 6.38. The Morgan fingerprint density at radius 2 is 2.11 bits per heavy atom. The summed E-state index contributed by atoms with van der Waals surface area (Å²) in [6, 6.07) is 7.93. The summed E-state index contributed by atoms with van der Waals surface area (Å²) in [5.41, 5.74) is 0.776. The highest BCUT2D eigenvalue weighted by Gasteiger charge is 2.11. The van der Waals surface area contributed by atoms with Crippen molar-refractivity contribution in [2.75, 3.05) is 0 Å². The summed E-state index contributed by atoms with van der Waals surface area (Å²) in [6.45, 7) is 1.83. The van der Waals surface area contributed by atoms with E-state index in [9.17, 15) is 4.79 Å². The number of aryl methyl sites for hydroxylation is 1. The molecule has 1 aromatic carbocycles. The Balaban J connectivity index is 2.30. The number of aromatic nitrogens is 1. The first-order valence-electron chi connectivity index (χ1n) is 5.31. The number of carboxylic acid groups (broad SMARTS) is 1. The number of carbonyl (C=O) groups is 1. The van der Waals surface area contributed by atoms with Gasteiger partial charge in [-0.15, -0.1) is 0 Å². The van der Waals surface area contributed by atoms with Crippen LogP contribution in [-0.4, -0.2) is 16.1 Å². The Kier molecular flexibility index (Phi) is 4.07. The van der Waals surface area contributed by atoms with Gasteiger partial charge in [-0.2, -0.15) is 0 Å². The molecule has 0 bridgehead atoms. The lowest BCUT2D eigenvalue weighted by Crippen LogP contribution is -1.98. The quantitative estimate of drug-likeness (QED) is 0.903. The van der Waals surface area contributed by atoms with Crippen molar-refractivity contribution in [3.8, 4) is 11.6 Å². The third kappa shape index (κ3) is 3.24. The number of rotatable bonds is 3. The van der Waals surface area contributed by atoms with Gasteiger partial charge in [-0.05, 0) is 47.1 Å². The van der Waals surface area contributed by atoms with Crippen molar-refractivity contribution in [3.63, 3.8) is 0 Å². The van der Waals surface area contributed by atoms with Gasteiger partial charge in [0.05, 0.1) is 16.3 Å². The van der Waals surface area contributed by atoms with Gasteiger partial charge in [0.2, 0.25) is 5.88 Å². The Labute approximate surface area is 123 Å². The molecule has 6 heteroatoms. The van der Waals surface area contributed by atoms with Crippen LogP contribution in [0, 0.1) is 6.92 Å². The minimum atomic E-state index is -1.10. The third-order valence-electron chi connectivity index (χ3n) is 2.39. The average molecular weight is 343 g/mol. The SMILES string of the molecule is Cc1nc(Oc2ccc(Cl)c(C(=O)O)c2)ccc1Br. The molecule has 0 spiro atoms. The predicted molar refractivity (Wildman–Crippen MR) is 75.2 cm³/mol. The largest absolute Gasteiger partial charge is 0.478 e. The highest BCUT2D eigenvalue weighted by atomic mass is 79.9. The van der Waals surface area contributed by atoms with Crippen LogP contribution in [0.15, 0.2) is 34.8 Å². The first-order valence-corrected chi connectivity index (χ1v) is 6.48. The van der Waals surface area contributed by atoms with E-state index >= 15 is 0 Å². The maximum absolute atomic E-state index is 11.0. The summed E-state index contributed by atoms with van der Waals surface area (Å²) in [7, 11) is 0. The van der Waals surface area contributed by atoms with E-state index in [0.29, 0.717) is 11.6 Å². The molecule has 0 saturated carbocycles. The molecule has 19 heavy (non-hydrogen) atoms. The molecule has 2 rings (SSSR count). The minimum absolute atomic E-state index is 0.00648. The van der Waals surface area contributed by atoms with Crippen LogP contribution in [0.1, 0.15) is 16.1 Å². The van der Waals surface area contributed by atoms with Crippen molar-refractivity contribution in [1.82, 2.24) is 4.98 Å². The zero-order valence-electron chi connectivity index (χ0n) is 9.85. The molecular formula is C13H9BrClNO3. The van der Waals surface area contributed by atoms with Crippen molar-refractivity contribution in [2.24, 2.45) is 0 Å². The molecule has 1 aromatic heterocycles. The standard InChI is InChI=1S/C13H9BrClNO3/c1-7-10(14)3-5-12(16-7)19-8-2-4-11(15)9(6-8)13(17)18/h2-6H,1H3,(H,17,18). The third-order valence-corrected chi connectivity index (χ3v) is 3.55. The van der Waals surface area contributed by atoms with Crippen molar-refractivity contribution < 1.29 is 14.6 Å². The molecule has 0 amide bonds. The summed E-state index contributed by atoms with van der Waals surface area (Å²) in [5.74, 6) is -0.342. The molecule has 0 atom stereocenters. The molecule has 0 aliphatic heterocycles. The average Bonchev–Trinajstić information content (AvgIpc) is 2.36. The van der Waals surface area contributed by atoms with Gasteiger partial charge < -0.3 is 9.84 Å². The van der Waals surface area contributed by atoms with Crippen molar-refractivity contribution in [1.29, 1.82) is 0 Å². The van der Waals surface area contributed by atoms with E-state index in [1.54, 1.807) is 12.1 Å². The first kappa shape index (κ1) is 13.8. The summed E-state index contributed by atoms with van der Waals surface area (Å²) >= 11 is 9.12. The first-order chi connectivity index (χ1) is 8.97. The number of aromatic carboxylic acids is 1. The number of hydrogen-bond acceptors (Lipinski definition) is 3. The van der Waals surface area contributed by atoms with Crippen LogP contribution in [0.4, 0.5) is 0 Å². The number of hydrogen-bond donors (Lipinski definition) is 1. The maximum Gasteiger partial charge on any atom is 0.337 e. The Hall–Kier alpha value is -1.59. The van der Waals surface area contributed by atoms with E-state index in [4.69, 9.17) is 21.4 Å². The number of carboxylic acids is 1. The van der Waals surface area contributed by atoms with Crippen LogP contribution < -0.4 is 4.74 Å². The van der Waals surface area contributed by atoms with Gasteiger partial charge in [0.25, 0.3) is 0 Å². The maximum atomic E-state index is 11.0. The Bertz CT molecular complexity index is 646. The van der Waals surface area contributed by atoms with Gasteiger partial charge in [-0.25, -0.2) is 9.78 Å². The monoisotopic (exact) mass is 341 g/mol. The predicted octanol–water partition coefficient (Wildman–Crippen LogP) is 4.30.